The molecule has 1 aliphatic rings. The van der Waals surface area contributed by atoms with Crippen molar-refractivity contribution in [3.8, 4) is 23.1 Å². The van der Waals surface area contributed by atoms with Gasteiger partial charge in [-0.1, -0.05) is 71.1 Å². The number of fused-ring (bicyclic) bond motifs is 6. The maximum Gasteiger partial charge on any atom is 0.216 e. The number of benzene rings is 4. The van der Waals surface area contributed by atoms with Crippen LogP contribution in [0.2, 0.25) is 0 Å². The van der Waals surface area contributed by atoms with Crippen LogP contribution in [0.15, 0.2) is 106 Å². The zero-order valence-corrected chi connectivity index (χ0v) is 23.9. The van der Waals surface area contributed by atoms with E-state index in [0.29, 0.717) is 34.3 Å². The Kier molecular flexibility index (Phi) is 6.17. The first kappa shape index (κ1) is 25.2. The minimum absolute atomic E-state index is 0. The summed E-state index contributed by atoms with van der Waals surface area (Å²) in [4.78, 5) is 8.28. The Morgan fingerprint density at radius 1 is 0.756 bits per heavy atom. The summed E-state index contributed by atoms with van der Waals surface area (Å²) < 4.78 is 25.0. The quantitative estimate of drug-likeness (QED) is 0.166. The summed E-state index contributed by atoms with van der Waals surface area (Å²) in [5.41, 5.74) is 3.62. The number of furan rings is 2. The average molecular weight is 718 g/mol. The van der Waals surface area contributed by atoms with Crippen LogP contribution in [0.1, 0.15) is 0 Å². The molecule has 0 atom stereocenters. The number of rotatable bonds is 5. The van der Waals surface area contributed by atoms with Crippen molar-refractivity contribution in [1.82, 2.24) is 9.88 Å². The van der Waals surface area contributed by atoms with E-state index in [2.05, 4.69) is 23.2 Å². The molecular formula is C33H20N3O4Pt-3. The maximum absolute atomic E-state index is 6.42. The topological polar surface area (TPSA) is 64.1 Å². The minimum Gasteiger partial charge on any atom is -0.512 e. The molecule has 204 valence electrons. The minimum atomic E-state index is 0. The molecule has 4 aromatic carbocycles. The molecule has 0 amide bonds. The molecule has 7 nitrogen and oxygen atoms in total. The van der Waals surface area contributed by atoms with E-state index in [4.69, 9.17) is 18.3 Å². The maximum atomic E-state index is 6.42. The Morgan fingerprint density at radius 3 is 2.29 bits per heavy atom. The van der Waals surface area contributed by atoms with Crippen molar-refractivity contribution >= 4 is 49.6 Å². The van der Waals surface area contributed by atoms with Crippen LogP contribution in [0.5, 0.6) is 23.1 Å². The van der Waals surface area contributed by atoms with E-state index in [0.717, 1.165) is 38.4 Å². The van der Waals surface area contributed by atoms with Gasteiger partial charge in [0.1, 0.15) is 11.2 Å². The number of pyridine rings is 1. The van der Waals surface area contributed by atoms with Crippen LogP contribution in [0.4, 0.5) is 5.69 Å². The molecule has 0 spiro atoms. The van der Waals surface area contributed by atoms with E-state index < -0.39 is 0 Å². The number of para-hydroxylation sites is 2. The summed E-state index contributed by atoms with van der Waals surface area (Å²) in [5.74, 6) is 1.73. The summed E-state index contributed by atoms with van der Waals surface area (Å²) in [7, 11) is 1.98. The molecule has 4 heterocycles. The first-order valence-electron chi connectivity index (χ1n) is 12.7. The van der Waals surface area contributed by atoms with Crippen LogP contribution in [0, 0.1) is 18.8 Å². The molecule has 0 saturated carbocycles. The van der Waals surface area contributed by atoms with Crippen LogP contribution in [0.3, 0.4) is 0 Å². The smallest absolute Gasteiger partial charge is 0.216 e. The van der Waals surface area contributed by atoms with Crippen LogP contribution in [-0.2, 0) is 21.1 Å². The first-order chi connectivity index (χ1) is 19.7. The van der Waals surface area contributed by atoms with Gasteiger partial charge in [-0.15, -0.1) is 12.1 Å². The molecule has 3 aromatic heterocycles. The van der Waals surface area contributed by atoms with Crippen molar-refractivity contribution in [2.75, 3.05) is 11.9 Å². The predicted octanol–water partition coefficient (Wildman–Crippen LogP) is 8.41. The summed E-state index contributed by atoms with van der Waals surface area (Å²) in [6.07, 6.45) is 5.62. The Morgan fingerprint density at radius 2 is 1.51 bits per heavy atom. The second-order valence-electron chi connectivity index (χ2n) is 9.48. The number of hydrogen-bond donors (Lipinski definition) is 0. The third-order valence-electron chi connectivity index (χ3n) is 6.81. The number of ether oxygens (including phenoxy) is 2. The summed E-state index contributed by atoms with van der Waals surface area (Å²) in [6, 6.07) is 31.8. The zero-order valence-electron chi connectivity index (χ0n) is 21.6. The summed E-state index contributed by atoms with van der Waals surface area (Å²) in [5, 5.41) is 3.76. The third kappa shape index (κ3) is 4.39. The molecule has 0 N–H and O–H groups in total. The van der Waals surface area contributed by atoms with E-state index in [9.17, 15) is 0 Å². The van der Waals surface area contributed by atoms with E-state index in [1.807, 2.05) is 103 Å². The first-order valence-corrected chi connectivity index (χ1v) is 12.7. The van der Waals surface area contributed by atoms with E-state index in [1.165, 1.54) is 0 Å². The van der Waals surface area contributed by atoms with E-state index >= 15 is 0 Å². The van der Waals surface area contributed by atoms with Crippen LogP contribution in [0.25, 0.3) is 43.9 Å². The van der Waals surface area contributed by atoms with Crippen molar-refractivity contribution in [2.45, 2.75) is 0 Å². The van der Waals surface area contributed by atoms with Gasteiger partial charge in [0.2, 0.25) is 5.88 Å². The monoisotopic (exact) mass is 717 g/mol. The standard InChI is InChI=1S/C33H20N3O4.Pt/c1-35-14-15-36(20-35)26-17-22(18-29-32(26)24-9-3-5-11-28(24)38-29)37-21-16-25-23-8-2-4-10-27(23)40-33(25)30(19-21)39-31-12-6-7-13-34-31;/h2-16,18,20H,1H3;/q-3;. The van der Waals surface area contributed by atoms with Crippen molar-refractivity contribution in [2.24, 2.45) is 0 Å². The predicted molar refractivity (Wildman–Crippen MR) is 153 cm³/mol. The second kappa shape index (κ2) is 10.0. The molecule has 7 aromatic rings. The van der Waals surface area contributed by atoms with E-state index in [-0.39, 0.29) is 21.1 Å². The average Bonchev–Trinajstić information content (AvgIpc) is 3.68. The van der Waals surface area contributed by atoms with Gasteiger partial charge in [-0.2, -0.15) is 6.67 Å². The van der Waals surface area contributed by atoms with Crippen LogP contribution in [-0.4, -0.2) is 16.9 Å². The normalized spacial score (nSPS) is 13.0. The molecule has 0 fully saturated rings. The molecule has 0 bridgehead atoms. The van der Waals surface area contributed by atoms with Gasteiger partial charge < -0.3 is 28.1 Å². The molecule has 0 radical (unpaired) electrons. The molecule has 1 aliphatic heterocycles. The molecule has 8 rings (SSSR count). The number of aromatic nitrogens is 1. The molecular weight excluding hydrogens is 697 g/mol. The largest absolute Gasteiger partial charge is 0.512 e. The summed E-state index contributed by atoms with van der Waals surface area (Å²) >= 11 is 0. The van der Waals surface area contributed by atoms with Gasteiger partial charge in [0, 0.05) is 55.8 Å². The second-order valence-corrected chi connectivity index (χ2v) is 9.48. The van der Waals surface area contributed by atoms with E-state index in [1.54, 1.807) is 12.3 Å². The Balaban J connectivity index is 0.00000276. The van der Waals surface area contributed by atoms with Crippen molar-refractivity contribution in [1.29, 1.82) is 0 Å². The Hall–Kier alpha value is -4.74. The number of anilines is 1. The van der Waals surface area contributed by atoms with Crippen LogP contribution < -0.4 is 14.4 Å². The van der Waals surface area contributed by atoms with Gasteiger partial charge >= 0.3 is 0 Å². The fourth-order valence-electron chi connectivity index (χ4n) is 5.05. The van der Waals surface area contributed by atoms with Gasteiger partial charge in [-0.3, -0.25) is 0 Å². The molecule has 0 saturated heterocycles. The van der Waals surface area contributed by atoms with Crippen LogP contribution >= 0.6 is 0 Å². The summed E-state index contributed by atoms with van der Waals surface area (Å²) in [6.45, 7) is 1.98. The number of hydrogen-bond acceptors (Lipinski definition) is 7. The van der Waals surface area contributed by atoms with Gasteiger partial charge in [-0.25, -0.2) is 4.98 Å². The molecule has 0 unspecified atom stereocenters. The fraction of sp³-hybridized carbons (Fsp3) is 0.0303. The molecule has 8 heteroatoms. The molecule has 0 aliphatic carbocycles. The number of nitrogens with zero attached hydrogens (tertiary/aromatic N) is 3. The van der Waals surface area contributed by atoms with Crippen molar-refractivity contribution in [3.05, 3.63) is 116 Å². The molecule has 41 heavy (non-hydrogen) atoms. The third-order valence-corrected chi connectivity index (χ3v) is 6.81. The fourth-order valence-corrected chi connectivity index (χ4v) is 5.05. The van der Waals surface area contributed by atoms with Gasteiger partial charge in [-0.05, 0) is 43.0 Å². The van der Waals surface area contributed by atoms with Gasteiger partial charge in [0.25, 0.3) is 0 Å². The van der Waals surface area contributed by atoms with Gasteiger partial charge in [0.05, 0.1) is 11.3 Å². The van der Waals surface area contributed by atoms with Gasteiger partial charge in [0.15, 0.2) is 0 Å². The zero-order chi connectivity index (χ0) is 26.6. The Labute approximate surface area is 249 Å². The Bertz CT molecular complexity index is 2080. The van der Waals surface area contributed by atoms with Crippen molar-refractivity contribution in [3.63, 3.8) is 0 Å². The SMILES string of the molecule is CN1C=CN(c2[c-]c(Oc3[c-]c(Oc4ccccn4)c4oc5ccccc5c4c3)cc3oc4ccccc4c23)[CH-]1.[Pt]. The van der Waals surface area contributed by atoms with Crippen molar-refractivity contribution < 1.29 is 39.4 Å².